The molecule has 5 rings (SSSR count). The number of nitrogens with one attached hydrogen (secondary N) is 2. The summed E-state index contributed by atoms with van der Waals surface area (Å²) < 4.78 is 38.8. The summed E-state index contributed by atoms with van der Waals surface area (Å²) in [4.78, 5) is 20.5. The maximum Gasteiger partial charge on any atom is 0.425 e. The van der Waals surface area contributed by atoms with Gasteiger partial charge < -0.3 is 10.3 Å². The summed E-state index contributed by atoms with van der Waals surface area (Å²) in [7, 11) is 0. The van der Waals surface area contributed by atoms with E-state index in [-0.39, 0.29) is 29.7 Å². The number of hydrogen-bond acceptors (Lipinski definition) is 3. The molecule has 8 heteroatoms. The molecule has 3 aromatic rings. The Morgan fingerprint density at radius 1 is 1.24 bits per heavy atom. The van der Waals surface area contributed by atoms with Crippen LogP contribution < -0.4 is 5.32 Å². The number of hydrogen-bond donors (Lipinski definition) is 2. The second-order valence-corrected chi connectivity index (χ2v) is 9.14. The third-order valence-corrected chi connectivity index (χ3v) is 6.96. The number of aromatic amines is 1. The zero-order chi connectivity index (χ0) is 20.2. The number of alkyl halides is 3. The average molecular weight is 419 g/mol. The number of para-hydroxylation sites is 2. The van der Waals surface area contributed by atoms with E-state index >= 15 is 0 Å². The molecule has 3 atom stereocenters. The number of carbonyl (C=O) groups is 1. The number of halogens is 3. The van der Waals surface area contributed by atoms with Crippen LogP contribution >= 0.6 is 11.3 Å². The first-order chi connectivity index (χ1) is 13.9. The Kier molecular flexibility index (Phi) is 4.42. The summed E-state index contributed by atoms with van der Waals surface area (Å²) in [5, 5.41) is 3.00. The minimum absolute atomic E-state index is 0.0903. The highest BCUT2D eigenvalue weighted by molar-refractivity contribution is 7.12. The van der Waals surface area contributed by atoms with Gasteiger partial charge in [-0.05, 0) is 55.4 Å². The molecule has 0 spiro atoms. The molecule has 1 amide bonds. The SMILES string of the molecule is O=C(C[C@@H]1C[C@@H]1c1nc2ccccc2[nH]1)N[C@@H](c1ccc(C(F)(F)F)s1)C1CC1. The van der Waals surface area contributed by atoms with Gasteiger partial charge in [0.15, 0.2) is 0 Å². The Morgan fingerprint density at radius 2 is 2.03 bits per heavy atom. The van der Waals surface area contributed by atoms with Crippen LogP contribution in [0.15, 0.2) is 36.4 Å². The van der Waals surface area contributed by atoms with Crippen LogP contribution in [0.25, 0.3) is 11.0 Å². The van der Waals surface area contributed by atoms with Crippen molar-refractivity contribution < 1.29 is 18.0 Å². The van der Waals surface area contributed by atoms with Gasteiger partial charge in [-0.25, -0.2) is 4.98 Å². The Labute approximate surface area is 169 Å². The Bertz CT molecular complexity index is 1020. The molecule has 0 saturated heterocycles. The Balaban J connectivity index is 1.22. The van der Waals surface area contributed by atoms with E-state index < -0.39 is 11.1 Å². The molecule has 2 aliphatic rings. The van der Waals surface area contributed by atoms with Gasteiger partial charge in [0.05, 0.1) is 17.1 Å². The van der Waals surface area contributed by atoms with Crippen molar-refractivity contribution in [1.82, 2.24) is 15.3 Å². The zero-order valence-electron chi connectivity index (χ0n) is 15.5. The number of aromatic nitrogens is 2. The van der Waals surface area contributed by atoms with E-state index in [4.69, 9.17) is 0 Å². The highest BCUT2D eigenvalue weighted by Gasteiger charge is 2.43. The van der Waals surface area contributed by atoms with Gasteiger partial charge >= 0.3 is 6.18 Å². The lowest BCUT2D eigenvalue weighted by Gasteiger charge is -2.17. The summed E-state index contributed by atoms with van der Waals surface area (Å²) in [6.45, 7) is 0. The van der Waals surface area contributed by atoms with E-state index in [0.717, 1.165) is 53.5 Å². The molecule has 2 aromatic heterocycles. The Hall–Kier alpha value is -2.35. The largest absolute Gasteiger partial charge is 0.425 e. The number of imidazole rings is 1. The third-order valence-electron chi connectivity index (χ3n) is 5.75. The predicted octanol–water partition coefficient (Wildman–Crippen LogP) is 5.40. The smallest absolute Gasteiger partial charge is 0.348 e. The second kappa shape index (κ2) is 6.86. The first-order valence-corrected chi connectivity index (χ1v) is 10.6. The summed E-state index contributed by atoms with van der Waals surface area (Å²) in [5.41, 5.74) is 1.91. The van der Waals surface area contributed by atoms with Gasteiger partial charge in [0.1, 0.15) is 10.7 Å². The van der Waals surface area contributed by atoms with Crippen LogP contribution in [0, 0.1) is 11.8 Å². The number of carbonyl (C=O) groups excluding carboxylic acids is 1. The van der Waals surface area contributed by atoms with E-state index in [1.165, 1.54) is 6.07 Å². The maximum absolute atomic E-state index is 12.9. The van der Waals surface area contributed by atoms with Crippen molar-refractivity contribution in [3.05, 3.63) is 52.0 Å². The van der Waals surface area contributed by atoms with E-state index in [1.54, 1.807) is 0 Å². The topological polar surface area (TPSA) is 57.8 Å². The fourth-order valence-electron chi connectivity index (χ4n) is 3.95. The second-order valence-electron chi connectivity index (χ2n) is 8.03. The number of thiophene rings is 1. The number of fused-ring (bicyclic) bond motifs is 1. The molecule has 0 radical (unpaired) electrons. The molecule has 152 valence electrons. The molecule has 2 fully saturated rings. The first kappa shape index (κ1) is 18.7. The van der Waals surface area contributed by atoms with E-state index in [1.807, 2.05) is 24.3 Å². The summed E-state index contributed by atoms with van der Waals surface area (Å²) in [6.07, 6.45) is -1.18. The lowest BCUT2D eigenvalue weighted by Crippen LogP contribution is -2.29. The minimum Gasteiger partial charge on any atom is -0.348 e. The average Bonchev–Trinajstić information content (AvgIpc) is 3.55. The first-order valence-electron chi connectivity index (χ1n) is 9.79. The van der Waals surface area contributed by atoms with Crippen LogP contribution in [-0.2, 0) is 11.0 Å². The van der Waals surface area contributed by atoms with Gasteiger partial charge in [-0.15, -0.1) is 11.3 Å². The minimum atomic E-state index is -4.34. The fraction of sp³-hybridized carbons (Fsp3) is 0.429. The number of amides is 1. The molecule has 1 aromatic carbocycles. The van der Waals surface area contributed by atoms with Crippen molar-refractivity contribution in [1.29, 1.82) is 0 Å². The van der Waals surface area contributed by atoms with Gasteiger partial charge in [0, 0.05) is 17.2 Å². The summed E-state index contributed by atoms with van der Waals surface area (Å²) >= 11 is 0.738. The highest BCUT2D eigenvalue weighted by Crippen LogP contribution is 2.49. The van der Waals surface area contributed by atoms with Crippen LogP contribution in [0.4, 0.5) is 13.2 Å². The molecule has 2 heterocycles. The molecular weight excluding hydrogens is 399 g/mol. The van der Waals surface area contributed by atoms with Crippen LogP contribution in [0.5, 0.6) is 0 Å². The van der Waals surface area contributed by atoms with Crippen LogP contribution in [0.2, 0.25) is 0 Å². The van der Waals surface area contributed by atoms with E-state index in [9.17, 15) is 18.0 Å². The maximum atomic E-state index is 12.9. The van der Waals surface area contributed by atoms with E-state index in [2.05, 4.69) is 15.3 Å². The van der Waals surface area contributed by atoms with Crippen LogP contribution in [-0.4, -0.2) is 15.9 Å². The quantitative estimate of drug-likeness (QED) is 0.562. The lowest BCUT2D eigenvalue weighted by atomic mass is 10.1. The molecule has 2 saturated carbocycles. The molecule has 29 heavy (non-hydrogen) atoms. The summed E-state index contributed by atoms with van der Waals surface area (Å²) in [5.74, 6) is 1.53. The highest BCUT2D eigenvalue weighted by atomic mass is 32.1. The molecule has 0 unspecified atom stereocenters. The number of benzene rings is 1. The van der Waals surface area contributed by atoms with Crippen molar-refractivity contribution in [2.45, 2.75) is 43.8 Å². The van der Waals surface area contributed by atoms with Gasteiger partial charge in [-0.2, -0.15) is 13.2 Å². The summed E-state index contributed by atoms with van der Waals surface area (Å²) in [6, 6.07) is 10.1. The normalized spacial score (nSPS) is 22.6. The molecule has 2 N–H and O–H groups in total. The predicted molar refractivity (Wildman–Crippen MR) is 104 cm³/mol. The molecular formula is C21H20F3N3OS. The molecule has 0 aliphatic heterocycles. The third kappa shape index (κ3) is 3.90. The van der Waals surface area contributed by atoms with Gasteiger partial charge in [0.2, 0.25) is 5.91 Å². The van der Waals surface area contributed by atoms with Crippen molar-refractivity contribution in [3.8, 4) is 0 Å². The van der Waals surface area contributed by atoms with E-state index in [0.29, 0.717) is 11.3 Å². The van der Waals surface area contributed by atoms with Crippen molar-refractivity contribution >= 4 is 28.3 Å². The van der Waals surface area contributed by atoms with Crippen molar-refractivity contribution in [2.75, 3.05) is 0 Å². The number of rotatable bonds is 6. The van der Waals surface area contributed by atoms with Crippen LogP contribution in [0.1, 0.15) is 53.2 Å². The van der Waals surface area contributed by atoms with Gasteiger partial charge in [-0.1, -0.05) is 12.1 Å². The standard InChI is InChI=1S/C21H20F3N3OS/c22-21(23,24)17-8-7-16(29-17)19(11-5-6-11)27-18(28)10-12-9-13(12)20-25-14-3-1-2-4-15(14)26-20/h1-4,7-8,11-13,19H,5-6,9-10H2,(H,25,26)(H,27,28)/t12-,13-,19+/m0/s1. The monoisotopic (exact) mass is 419 g/mol. The zero-order valence-corrected chi connectivity index (χ0v) is 16.3. The Morgan fingerprint density at radius 3 is 2.72 bits per heavy atom. The van der Waals surface area contributed by atoms with Crippen LogP contribution in [0.3, 0.4) is 0 Å². The lowest BCUT2D eigenvalue weighted by molar-refractivity contribution is -0.134. The van der Waals surface area contributed by atoms with Gasteiger partial charge in [-0.3, -0.25) is 4.79 Å². The molecule has 2 aliphatic carbocycles. The van der Waals surface area contributed by atoms with Gasteiger partial charge in [0.25, 0.3) is 0 Å². The molecule has 0 bridgehead atoms. The van der Waals surface area contributed by atoms with Crippen molar-refractivity contribution in [2.24, 2.45) is 11.8 Å². The fourth-order valence-corrected chi connectivity index (χ4v) is 4.97. The molecule has 4 nitrogen and oxygen atoms in total. The number of H-pyrrole nitrogens is 1. The number of nitrogens with zero attached hydrogens (tertiary/aromatic N) is 1. The van der Waals surface area contributed by atoms with Crippen molar-refractivity contribution in [3.63, 3.8) is 0 Å².